The second kappa shape index (κ2) is 10.0. The van der Waals surface area contributed by atoms with Crippen LogP contribution in [0.5, 0.6) is 0 Å². The molecular formula is C22H28N8OS. The Kier molecular flexibility index (Phi) is 6.91. The monoisotopic (exact) mass is 452 g/mol. The Bertz CT molecular complexity index is 1070. The summed E-state index contributed by atoms with van der Waals surface area (Å²) < 4.78 is 0. The molecule has 1 amide bonds. The molecule has 4 N–H and O–H groups in total. The molecule has 2 aromatic heterocycles. The highest BCUT2D eigenvalue weighted by Gasteiger charge is 2.19. The summed E-state index contributed by atoms with van der Waals surface area (Å²) in [5.74, 6) is 2.29. The zero-order valence-electron chi connectivity index (χ0n) is 18.5. The smallest absolute Gasteiger partial charge is 0.224 e. The second-order valence-corrected chi connectivity index (χ2v) is 8.83. The number of piperazine rings is 1. The predicted octanol–water partition coefficient (Wildman–Crippen LogP) is 3.55. The normalized spacial score (nSPS) is 16.1. The molecule has 0 bridgehead atoms. The van der Waals surface area contributed by atoms with Crippen LogP contribution in [0.4, 0.5) is 23.1 Å². The molecule has 0 aliphatic carbocycles. The van der Waals surface area contributed by atoms with Crippen LogP contribution < -0.4 is 20.9 Å². The molecule has 32 heavy (non-hydrogen) atoms. The van der Waals surface area contributed by atoms with Crippen LogP contribution in [-0.2, 0) is 4.79 Å². The van der Waals surface area contributed by atoms with Gasteiger partial charge in [-0.1, -0.05) is 6.92 Å². The number of benzene rings is 1. The lowest BCUT2D eigenvalue weighted by atomic mass is 10.2. The number of carbonyl (C=O) groups excluding carboxylic acids is 1. The number of nitrogens with one attached hydrogen (secondary N) is 4. The molecule has 4 rings (SSSR count). The highest BCUT2D eigenvalue weighted by molar-refractivity contribution is 7.99. The molecule has 1 unspecified atom stereocenters. The van der Waals surface area contributed by atoms with Gasteiger partial charge in [0.1, 0.15) is 11.6 Å². The van der Waals surface area contributed by atoms with Crippen molar-refractivity contribution in [2.24, 2.45) is 0 Å². The maximum Gasteiger partial charge on any atom is 0.224 e. The molecule has 1 aromatic carbocycles. The average molecular weight is 453 g/mol. The summed E-state index contributed by atoms with van der Waals surface area (Å²) in [4.78, 5) is 24.4. The van der Waals surface area contributed by atoms with Crippen molar-refractivity contribution < 1.29 is 4.79 Å². The molecule has 3 heterocycles. The van der Waals surface area contributed by atoms with E-state index in [1.807, 2.05) is 50.2 Å². The highest BCUT2D eigenvalue weighted by atomic mass is 32.2. The lowest BCUT2D eigenvalue weighted by Gasteiger charge is -2.33. The first-order valence-corrected chi connectivity index (χ1v) is 11.5. The summed E-state index contributed by atoms with van der Waals surface area (Å²) in [7, 11) is 0. The van der Waals surface area contributed by atoms with E-state index in [1.54, 1.807) is 0 Å². The van der Waals surface area contributed by atoms with Crippen molar-refractivity contribution in [3.05, 3.63) is 42.1 Å². The number of rotatable bonds is 7. The number of nitrogens with zero attached hydrogens (tertiary/aromatic N) is 4. The molecule has 1 saturated heterocycles. The van der Waals surface area contributed by atoms with Crippen molar-refractivity contribution in [1.82, 2.24) is 25.5 Å². The zero-order valence-corrected chi connectivity index (χ0v) is 19.3. The molecule has 0 radical (unpaired) electrons. The van der Waals surface area contributed by atoms with Crippen molar-refractivity contribution in [3.8, 4) is 0 Å². The van der Waals surface area contributed by atoms with E-state index >= 15 is 0 Å². The first kappa shape index (κ1) is 22.1. The SMILES string of the molecule is CCC(=O)Nc1ccc(Sc2nc(Nc3cc(C)[nH]n3)cc(N3CCNC(C)C3)n2)cc1. The quantitative estimate of drug-likeness (QED) is 0.403. The van der Waals surface area contributed by atoms with E-state index in [1.165, 1.54) is 11.8 Å². The fourth-order valence-electron chi connectivity index (χ4n) is 3.40. The van der Waals surface area contributed by atoms with Crippen molar-refractivity contribution in [2.75, 3.05) is 35.2 Å². The van der Waals surface area contributed by atoms with Gasteiger partial charge in [-0.25, -0.2) is 9.97 Å². The molecular weight excluding hydrogens is 424 g/mol. The third-order valence-electron chi connectivity index (χ3n) is 5.02. The number of aromatic amines is 1. The zero-order chi connectivity index (χ0) is 22.5. The maximum atomic E-state index is 11.6. The van der Waals surface area contributed by atoms with Crippen LogP contribution in [-0.4, -0.2) is 51.7 Å². The number of hydrogen-bond acceptors (Lipinski definition) is 8. The third kappa shape index (κ3) is 5.77. The van der Waals surface area contributed by atoms with Crippen LogP contribution in [0.2, 0.25) is 0 Å². The van der Waals surface area contributed by atoms with E-state index in [4.69, 9.17) is 9.97 Å². The summed E-state index contributed by atoms with van der Waals surface area (Å²) in [6.45, 7) is 8.65. The summed E-state index contributed by atoms with van der Waals surface area (Å²) in [5, 5.41) is 17.5. The number of amides is 1. The fraction of sp³-hybridized carbons (Fsp3) is 0.364. The minimum absolute atomic E-state index is 0.00370. The molecule has 1 fully saturated rings. The Balaban J connectivity index is 1.57. The van der Waals surface area contributed by atoms with Crippen molar-refractivity contribution >= 4 is 40.8 Å². The van der Waals surface area contributed by atoms with E-state index in [9.17, 15) is 4.79 Å². The van der Waals surface area contributed by atoms with Crippen molar-refractivity contribution in [3.63, 3.8) is 0 Å². The maximum absolute atomic E-state index is 11.6. The van der Waals surface area contributed by atoms with Gasteiger partial charge < -0.3 is 20.9 Å². The lowest BCUT2D eigenvalue weighted by molar-refractivity contribution is -0.115. The Morgan fingerprint density at radius 3 is 2.72 bits per heavy atom. The van der Waals surface area contributed by atoms with Gasteiger partial charge in [-0.15, -0.1) is 0 Å². The molecule has 10 heteroatoms. The van der Waals surface area contributed by atoms with Crippen molar-refractivity contribution in [1.29, 1.82) is 0 Å². The molecule has 0 spiro atoms. The van der Waals surface area contributed by atoms with Gasteiger partial charge in [0.2, 0.25) is 5.91 Å². The number of carbonyl (C=O) groups is 1. The Hall–Kier alpha value is -3.11. The predicted molar refractivity (Wildman–Crippen MR) is 128 cm³/mol. The molecule has 3 aromatic rings. The summed E-state index contributed by atoms with van der Waals surface area (Å²) in [6.07, 6.45) is 0.451. The molecule has 1 aliphatic heterocycles. The van der Waals surface area contributed by atoms with Gasteiger partial charge in [0.25, 0.3) is 0 Å². The van der Waals surface area contributed by atoms with Gasteiger partial charge in [0.15, 0.2) is 11.0 Å². The topological polar surface area (TPSA) is 111 Å². The Morgan fingerprint density at radius 1 is 1.22 bits per heavy atom. The van der Waals surface area contributed by atoms with Crippen LogP contribution in [0.3, 0.4) is 0 Å². The summed E-state index contributed by atoms with van der Waals surface area (Å²) >= 11 is 1.48. The van der Waals surface area contributed by atoms with E-state index in [-0.39, 0.29) is 5.91 Å². The molecule has 168 valence electrons. The van der Waals surface area contributed by atoms with Gasteiger partial charge in [-0.05, 0) is 49.9 Å². The molecule has 1 aliphatic rings. The minimum atomic E-state index is -0.00370. The van der Waals surface area contributed by atoms with Crippen molar-refractivity contribution in [2.45, 2.75) is 43.3 Å². The van der Waals surface area contributed by atoms with Crippen LogP contribution in [0, 0.1) is 6.92 Å². The van der Waals surface area contributed by atoms with Crippen LogP contribution in [0.15, 0.2) is 46.5 Å². The molecule has 1 atom stereocenters. The number of aromatic nitrogens is 4. The number of anilines is 4. The van der Waals surface area contributed by atoms with Gasteiger partial charge in [0, 0.05) is 60.5 Å². The largest absolute Gasteiger partial charge is 0.354 e. The number of H-pyrrole nitrogens is 1. The van der Waals surface area contributed by atoms with Crippen LogP contribution >= 0.6 is 11.8 Å². The van der Waals surface area contributed by atoms with E-state index in [2.05, 4.69) is 38.0 Å². The highest BCUT2D eigenvalue weighted by Crippen LogP contribution is 2.30. The summed E-state index contributed by atoms with van der Waals surface area (Å²) in [5.41, 5.74) is 1.75. The lowest BCUT2D eigenvalue weighted by Crippen LogP contribution is -2.49. The van der Waals surface area contributed by atoms with E-state index < -0.39 is 0 Å². The second-order valence-electron chi connectivity index (χ2n) is 7.78. The fourth-order valence-corrected chi connectivity index (χ4v) is 4.17. The average Bonchev–Trinajstić information content (AvgIpc) is 3.19. The van der Waals surface area contributed by atoms with Crippen LogP contribution in [0.1, 0.15) is 26.0 Å². The minimum Gasteiger partial charge on any atom is -0.354 e. The third-order valence-corrected chi connectivity index (χ3v) is 5.89. The number of hydrogen-bond donors (Lipinski definition) is 4. The van der Waals surface area contributed by atoms with E-state index in [0.717, 1.165) is 41.7 Å². The molecule has 0 saturated carbocycles. The first-order valence-electron chi connectivity index (χ1n) is 10.7. The van der Waals surface area contributed by atoms with Gasteiger partial charge >= 0.3 is 0 Å². The van der Waals surface area contributed by atoms with Gasteiger partial charge in [0.05, 0.1) is 0 Å². The summed E-state index contributed by atoms with van der Waals surface area (Å²) in [6, 6.07) is 12.0. The first-order chi connectivity index (χ1) is 15.5. The molecule has 9 nitrogen and oxygen atoms in total. The Labute approximate surface area is 191 Å². The standard InChI is InChI=1S/C22H28N8OS/c1-4-21(31)24-16-5-7-17(8-6-16)32-22-26-18(25-19-11-14(2)28-29-19)12-20(27-22)30-10-9-23-15(3)13-30/h5-8,11-12,15,23H,4,9-10,13H2,1-3H3,(H,24,31)(H2,25,26,27,28,29). The van der Waals surface area contributed by atoms with Crippen LogP contribution in [0.25, 0.3) is 0 Å². The van der Waals surface area contributed by atoms with E-state index in [0.29, 0.717) is 29.3 Å². The van der Waals surface area contributed by atoms with Gasteiger partial charge in [-0.3, -0.25) is 9.89 Å². The Morgan fingerprint density at radius 2 is 2.03 bits per heavy atom. The van der Waals surface area contributed by atoms with Gasteiger partial charge in [-0.2, -0.15) is 5.10 Å². The number of aryl methyl sites for hydroxylation is 1.